The van der Waals surface area contributed by atoms with Gasteiger partial charge in [0.2, 0.25) is 0 Å². The summed E-state index contributed by atoms with van der Waals surface area (Å²) in [6.07, 6.45) is 2.34. The van der Waals surface area contributed by atoms with Crippen LogP contribution < -0.4 is 0 Å². The fourth-order valence-electron chi connectivity index (χ4n) is 1.15. The molecule has 0 spiro atoms. The third-order valence-corrected chi connectivity index (χ3v) is 2.42. The Morgan fingerprint density at radius 1 is 1.08 bits per heavy atom. The van der Waals surface area contributed by atoms with E-state index in [1.165, 1.54) is 0 Å². The van der Waals surface area contributed by atoms with Crippen LogP contribution in [0.25, 0.3) is 0 Å². The molecule has 0 rings (SSSR count). The van der Waals surface area contributed by atoms with E-state index in [0.717, 1.165) is 19.3 Å². The largest absolute Gasteiger partial charge is 0.390 e. The summed E-state index contributed by atoms with van der Waals surface area (Å²) in [4.78, 5) is 0. The Kier molecular flexibility index (Phi) is 4.93. The molecule has 0 aliphatic heterocycles. The maximum absolute atomic E-state index is 9.95. The topological polar surface area (TPSA) is 29.5 Å². The molecule has 1 N–H and O–H groups in total. The molecule has 80 valence electrons. The summed E-state index contributed by atoms with van der Waals surface area (Å²) >= 11 is 0. The zero-order chi connectivity index (χ0) is 10.5. The zero-order valence-corrected chi connectivity index (χ0v) is 9.68. The molecule has 0 aromatic carbocycles. The molecule has 0 saturated carbocycles. The maximum Gasteiger partial charge on any atom is 0.0664 e. The molecule has 13 heavy (non-hydrogen) atoms. The lowest BCUT2D eigenvalue weighted by Gasteiger charge is -2.27. The summed E-state index contributed by atoms with van der Waals surface area (Å²) in [6.45, 7) is 10.8. The van der Waals surface area contributed by atoms with E-state index in [0.29, 0.717) is 6.61 Å². The van der Waals surface area contributed by atoms with Gasteiger partial charge in [-0.05, 0) is 40.0 Å². The van der Waals surface area contributed by atoms with Crippen LogP contribution in [-0.4, -0.2) is 22.9 Å². The SMILES string of the molecule is CCC(O)(CC)CCOC(C)(C)C. The Bertz CT molecular complexity index is 132. The van der Waals surface area contributed by atoms with Crippen LogP contribution >= 0.6 is 0 Å². The first-order valence-electron chi connectivity index (χ1n) is 5.19. The second kappa shape index (κ2) is 4.97. The quantitative estimate of drug-likeness (QED) is 0.719. The molecule has 0 fully saturated rings. The highest BCUT2D eigenvalue weighted by Crippen LogP contribution is 2.20. The van der Waals surface area contributed by atoms with Crippen LogP contribution in [0.1, 0.15) is 53.9 Å². The van der Waals surface area contributed by atoms with Crippen molar-refractivity contribution < 1.29 is 9.84 Å². The summed E-state index contributed by atoms with van der Waals surface area (Å²) in [7, 11) is 0. The Balaban J connectivity index is 3.74. The highest BCUT2D eigenvalue weighted by Gasteiger charge is 2.22. The van der Waals surface area contributed by atoms with Gasteiger partial charge in [-0.3, -0.25) is 0 Å². The second-order valence-electron chi connectivity index (χ2n) is 4.64. The molecule has 2 heteroatoms. The number of ether oxygens (including phenoxy) is 1. The number of hydrogen-bond acceptors (Lipinski definition) is 2. The van der Waals surface area contributed by atoms with Crippen LogP contribution in [0.2, 0.25) is 0 Å². The zero-order valence-electron chi connectivity index (χ0n) is 9.68. The molecule has 0 aliphatic rings. The van der Waals surface area contributed by atoms with E-state index in [-0.39, 0.29) is 5.60 Å². The molecule has 0 radical (unpaired) electrons. The van der Waals surface area contributed by atoms with Gasteiger partial charge in [-0.15, -0.1) is 0 Å². The first kappa shape index (κ1) is 12.9. The Hall–Kier alpha value is -0.0800. The molecular weight excluding hydrogens is 164 g/mol. The van der Waals surface area contributed by atoms with Gasteiger partial charge in [0.15, 0.2) is 0 Å². The van der Waals surface area contributed by atoms with E-state index in [1.807, 2.05) is 34.6 Å². The number of hydrogen-bond donors (Lipinski definition) is 1. The van der Waals surface area contributed by atoms with Crippen LogP contribution in [0.3, 0.4) is 0 Å². The van der Waals surface area contributed by atoms with E-state index in [9.17, 15) is 5.11 Å². The van der Waals surface area contributed by atoms with Crippen LogP contribution in [-0.2, 0) is 4.74 Å². The lowest BCUT2D eigenvalue weighted by molar-refractivity contribution is -0.0502. The van der Waals surface area contributed by atoms with Crippen molar-refractivity contribution in [2.45, 2.75) is 65.1 Å². The van der Waals surface area contributed by atoms with Crippen LogP contribution in [0.4, 0.5) is 0 Å². The fraction of sp³-hybridized carbons (Fsp3) is 1.00. The molecule has 0 atom stereocenters. The van der Waals surface area contributed by atoms with Crippen molar-refractivity contribution in [1.82, 2.24) is 0 Å². The molecule has 0 aromatic heterocycles. The van der Waals surface area contributed by atoms with E-state index in [1.54, 1.807) is 0 Å². The lowest BCUT2D eigenvalue weighted by Crippen LogP contribution is -2.30. The molecular formula is C11H24O2. The van der Waals surface area contributed by atoms with Gasteiger partial charge in [-0.1, -0.05) is 13.8 Å². The fourth-order valence-corrected chi connectivity index (χ4v) is 1.15. The molecule has 0 bridgehead atoms. The van der Waals surface area contributed by atoms with E-state index in [2.05, 4.69) is 0 Å². The van der Waals surface area contributed by atoms with Crippen molar-refractivity contribution in [3.63, 3.8) is 0 Å². The van der Waals surface area contributed by atoms with Gasteiger partial charge in [0.25, 0.3) is 0 Å². The smallest absolute Gasteiger partial charge is 0.0664 e. The van der Waals surface area contributed by atoms with Crippen molar-refractivity contribution in [2.75, 3.05) is 6.61 Å². The van der Waals surface area contributed by atoms with Gasteiger partial charge in [-0.2, -0.15) is 0 Å². The van der Waals surface area contributed by atoms with Crippen LogP contribution in [0.15, 0.2) is 0 Å². The average molecular weight is 188 g/mol. The Morgan fingerprint density at radius 2 is 1.54 bits per heavy atom. The Labute approximate surface area is 82.3 Å². The average Bonchev–Trinajstić information content (AvgIpc) is 2.02. The van der Waals surface area contributed by atoms with E-state index < -0.39 is 5.60 Å². The predicted octanol–water partition coefficient (Wildman–Crippen LogP) is 2.74. The van der Waals surface area contributed by atoms with E-state index in [4.69, 9.17) is 4.74 Å². The van der Waals surface area contributed by atoms with Gasteiger partial charge < -0.3 is 9.84 Å². The van der Waals surface area contributed by atoms with Crippen molar-refractivity contribution >= 4 is 0 Å². The number of aliphatic hydroxyl groups is 1. The van der Waals surface area contributed by atoms with Crippen molar-refractivity contribution in [3.05, 3.63) is 0 Å². The predicted molar refractivity (Wildman–Crippen MR) is 55.9 cm³/mol. The minimum Gasteiger partial charge on any atom is -0.390 e. The van der Waals surface area contributed by atoms with Crippen LogP contribution in [0.5, 0.6) is 0 Å². The summed E-state index contributed by atoms with van der Waals surface area (Å²) in [5.41, 5.74) is -0.617. The number of rotatable bonds is 5. The minimum absolute atomic E-state index is 0.0948. The van der Waals surface area contributed by atoms with E-state index >= 15 is 0 Å². The Morgan fingerprint density at radius 3 is 1.85 bits per heavy atom. The van der Waals surface area contributed by atoms with Crippen LogP contribution in [0, 0.1) is 0 Å². The molecule has 0 saturated heterocycles. The maximum atomic E-state index is 9.95. The first-order chi connectivity index (χ1) is 5.83. The highest BCUT2D eigenvalue weighted by molar-refractivity contribution is 4.74. The van der Waals surface area contributed by atoms with Crippen molar-refractivity contribution in [1.29, 1.82) is 0 Å². The van der Waals surface area contributed by atoms with Gasteiger partial charge in [0.05, 0.1) is 17.8 Å². The summed E-state index contributed by atoms with van der Waals surface area (Å²) < 4.78 is 5.57. The molecule has 2 nitrogen and oxygen atoms in total. The summed E-state index contributed by atoms with van der Waals surface area (Å²) in [5.74, 6) is 0. The molecule has 0 aliphatic carbocycles. The normalized spacial score (nSPS) is 13.4. The van der Waals surface area contributed by atoms with Gasteiger partial charge >= 0.3 is 0 Å². The first-order valence-corrected chi connectivity index (χ1v) is 5.19. The molecule has 0 unspecified atom stereocenters. The third-order valence-electron chi connectivity index (χ3n) is 2.42. The molecule has 0 aromatic rings. The minimum atomic E-state index is -0.523. The van der Waals surface area contributed by atoms with Gasteiger partial charge in [-0.25, -0.2) is 0 Å². The second-order valence-corrected chi connectivity index (χ2v) is 4.64. The molecule has 0 amide bonds. The summed E-state index contributed by atoms with van der Waals surface area (Å²) in [6, 6.07) is 0. The summed E-state index contributed by atoms with van der Waals surface area (Å²) in [5, 5.41) is 9.95. The van der Waals surface area contributed by atoms with Gasteiger partial charge in [0, 0.05) is 0 Å². The van der Waals surface area contributed by atoms with Crippen molar-refractivity contribution in [2.24, 2.45) is 0 Å². The third kappa shape index (κ3) is 6.05. The lowest BCUT2D eigenvalue weighted by atomic mass is 9.94. The standard InChI is InChI=1S/C11H24O2/c1-6-11(12,7-2)8-9-13-10(3,4)5/h12H,6-9H2,1-5H3. The van der Waals surface area contributed by atoms with Crippen molar-refractivity contribution in [3.8, 4) is 0 Å². The highest BCUT2D eigenvalue weighted by atomic mass is 16.5. The van der Waals surface area contributed by atoms with Gasteiger partial charge in [0.1, 0.15) is 0 Å². The molecule has 0 heterocycles. The monoisotopic (exact) mass is 188 g/mol.